The third-order valence-electron chi connectivity index (χ3n) is 2.19. The molecule has 0 unspecified atom stereocenters. The van der Waals surface area contributed by atoms with Gasteiger partial charge in [-0.15, -0.1) is 0 Å². The highest BCUT2D eigenvalue weighted by atomic mass is 14.9. The van der Waals surface area contributed by atoms with E-state index in [0.717, 1.165) is 24.2 Å². The summed E-state index contributed by atoms with van der Waals surface area (Å²) in [4.78, 5) is 4.38. The molecule has 1 heterocycles. The molecule has 0 spiro atoms. The van der Waals surface area contributed by atoms with Crippen molar-refractivity contribution in [3.05, 3.63) is 29.6 Å². The molecular weight excluding hydrogens is 160 g/mol. The Kier molecular flexibility index (Phi) is 3.04. The van der Waals surface area contributed by atoms with Gasteiger partial charge in [-0.2, -0.15) is 0 Å². The Morgan fingerprint density at radius 3 is 2.38 bits per heavy atom. The van der Waals surface area contributed by atoms with Gasteiger partial charge in [-0.05, 0) is 31.9 Å². The summed E-state index contributed by atoms with van der Waals surface area (Å²) < 4.78 is 0. The van der Waals surface area contributed by atoms with Crippen molar-refractivity contribution >= 4 is 0 Å². The molecule has 1 aromatic heterocycles. The Bertz CT molecular complexity index is 277. The first-order valence-corrected chi connectivity index (χ1v) is 4.94. The fourth-order valence-corrected chi connectivity index (χ4v) is 1.21. The summed E-state index contributed by atoms with van der Waals surface area (Å²) in [6.45, 7) is 6.00. The van der Waals surface area contributed by atoms with Crippen LogP contribution in [0.3, 0.4) is 0 Å². The fourth-order valence-electron chi connectivity index (χ4n) is 1.21. The zero-order valence-electron chi connectivity index (χ0n) is 8.67. The quantitative estimate of drug-likeness (QED) is 0.717. The third kappa shape index (κ3) is 2.28. The van der Waals surface area contributed by atoms with Gasteiger partial charge in [0.05, 0.1) is 11.2 Å². The van der Waals surface area contributed by atoms with Gasteiger partial charge < -0.3 is 5.73 Å². The second-order valence-corrected chi connectivity index (χ2v) is 3.32. The van der Waals surface area contributed by atoms with Gasteiger partial charge in [-0.25, -0.2) is 0 Å². The Morgan fingerprint density at radius 1 is 1.31 bits per heavy atom. The van der Waals surface area contributed by atoms with Crippen LogP contribution in [0.4, 0.5) is 0 Å². The molecular formula is C11H18N2. The van der Waals surface area contributed by atoms with Crippen molar-refractivity contribution in [1.29, 1.82) is 0 Å². The number of hydrogen-bond donors (Lipinski definition) is 1. The molecule has 1 fully saturated rings. The lowest BCUT2D eigenvalue weighted by Gasteiger charge is -2.07. The summed E-state index contributed by atoms with van der Waals surface area (Å²) in [5.41, 5.74) is 8.00. The van der Waals surface area contributed by atoms with Crippen LogP contribution in [0.5, 0.6) is 0 Å². The normalized spacial score (nSPS) is 17.2. The van der Waals surface area contributed by atoms with E-state index in [4.69, 9.17) is 5.73 Å². The highest BCUT2D eigenvalue weighted by Crippen LogP contribution is 2.41. The van der Waals surface area contributed by atoms with Crippen LogP contribution in [0, 0.1) is 6.92 Å². The Balaban J connectivity index is 0.000000396. The van der Waals surface area contributed by atoms with Gasteiger partial charge >= 0.3 is 0 Å². The van der Waals surface area contributed by atoms with E-state index < -0.39 is 0 Å². The van der Waals surface area contributed by atoms with Crippen LogP contribution in [0.25, 0.3) is 0 Å². The van der Waals surface area contributed by atoms with Crippen LogP contribution < -0.4 is 5.73 Å². The minimum Gasteiger partial charge on any atom is -0.320 e. The van der Waals surface area contributed by atoms with Gasteiger partial charge in [0.15, 0.2) is 0 Å². The number of pyridine rings is 1. The average molecular weight is 178 g/mol. The van der Waals surface area contributed by atoms with Gasteiger partial charge in [-0.3, -0.25) is 4.98 Å². The molecule has 0 bridgehead atoms. The van der Waals surface area contributed by atoms with Gasteiger partial charge in [0.25, 0.3) is 0 Å². The first-order chi connectivity index (χ1) is 6.21. The highest BCUT2D eigenvalue weighted by Gasteiger charge is 2.41. The summed E-state index contributed by atoms with van der Waals surface area (Å²) in [7, 11) is 0. The second kappa shape index (κ2) is 3.88. The molecule has 2 rings (SSSR count). The van der Waals surface area contributed by atoms with E-state index in [1.165, 1.54) is 0 Å². The molecule has 0 aromatic carbocycles. The molecule has 1 aliphatic carbocycles. The smallest absolute Gasteiger partial charge is 0.0605 e. The minimum atomic E-state index is -0.0774. The summed E-state index contributed by atoms with van der Waals surface area (Å²) in [5, 5.41) is 0. The molecule has 72 valence electrons. The maximum Gasteiger partial charge on any atom is 0.0605 e. The van der Waals surface area contributed by atoms with E-state index in [0.29, 0.717) is 0 Å². The number of nitrogens with two attached hydrogens (primary N) is 1. The van der Waals surface area contributed by atoms with Crippen molar-refractivity contribution in [2.45, 2.75) is 39.2 Å². The van der Waals surface area contributed by atoms with Crippen LogP contribution >= 0.6 is 0 Å². The van der Waals surface area contributed by atoms with Crippen molar-refractivity contribution in [3.63, 3.8) is 0 Å². The Labute approximate surface area is 80.2 Å². The van der Waals surface area contributed by atoms with Crippen molar-refractivity contribution in [3.8, 4) is 0 Å². The van der Waals surface area contributed by atoms with Crippen molar-refractivity contribution in [2.75, 3.05) is 0 Å². The summed E-state index contributed by atoms with van der Waals surface area (Å²) in [6.07, 6.45) is 2.17. The van der Waals surface area contributed by atoms with E-state index >= 15 is 0 Å². The molecule has 0 saturated heterocycles. The lowest BCUT2D eigenvalue weighted by molar-refractivity contribution is 0.704. The fraction of sp³-hybridized carbons (Fsp3) is 0.545. The Hall–Kier alpha value is -0.890. The van der Waals surface area contributed by atoms with Crippen molar-refractivity contribution < 1.29 is 0 Å². The van der Waals surface area contributed by atoms with Gasteiger partial charge in [0.1, 0.15) is 0 Å². The maximum absolute atomic E-state index is 5.97. The van der Waals surface area contributed by atoms with E-state index in [9.17, 15) is 0 Å². The maximum atomic E-state index is 5.97. The van der Waals surface area contributed by atoms with Gasteiger partial charge in [0, 0.05) is 5.69 Å². The van der Waals surface area contributed by atoms with Crippen LogP contribution in [-0.2, 0) is 5.54 Å². The molecule has 2 N–H and O–H groups in total. The number of aryl methyl sites for hydroxylation is 1. The van der Waals surface area contributed by atoms with Crippen LogP contribution in [0.15, 0.2) is 18.2 Å². The third-order valence-corrected chi connectivity index (χ3v) is 2.19. The van der Waals surface area contributed by atoms with Crippen LogP contribution in [0.1, 0.15) is 38.1 Å². The number of rotatable bonds is 1. The average Bonchev–Trinajstić information content (AvgIpc) is 2.89. The van der Waals surface area contributed by atoms with Crippen LogP contribution in [0.2, 0.25) is 0 Å². The summed E-state index contributed by atoms with van der Waals surface area (Å²) in [6, 6.07) is 6.03. The minimum absolute atomic E-state index is 0.0774. The van der Waals surface area contributed by atoms with Crippen LogP contribution in [-0.4, -0.2) is 4.98 Å². The SMILES string of the molecule is CC.Cc1cccc(C2(N)CC2)n1. The predicted octanol–water partition coefficient (Wildman–Crippen LogP) is 2.36. The number of hydrogen-bond acceptors (Lipinski definition) is 2. The largest absolute Gasteiger partial charge is 0.320 e. The number of aromatic nitrogens is 1. The zero-order valence-corrected chi connectivity index (χ0v) is 8.67. The monoisotopic (exact) mass is 178 g/mol. The highest BCUT2D eigenvalue weighted by molar-refractivity contribution is 5.23. The van der Waals surface area contributed by atoms with Gasteiger partial charge in [0.2, 0.25) is 0 Å². The molecule has 13 heavy (non-hydrogen) atoms. The standard InChI is InChI=1S/C9H12N2.C2H6/c1-7-3-2-4-8(11-7)9(10)5-6-9;1-2/h2-4H,5-6,10H2,1H3;1-2H3. The first-order valence-electron chi connectivity index (χ1n) is 4.94. The predicted molar refractivity (Wildman–Crippen MR) is 55.4 cm³/mol. The number of nitrogens with zero attached hydrogens (tertiary/aromatic N) is 1. The van der Waals surface area contributed by atoms with E-state index in [1.807, 2.05) is 39.0 Å². The van der Waals surface area contributed by atoms with E-state index in [1.54, 1.807) is 0 Å². The second-order valence-electron chi connectivity index (χ2n) is 3.32. The van der Waals surface area contributed by atoms with Crippen molar-refractivity contribution in [2.24, 2.45) is 5.73 Å². The van der Waals surface area contributed by atoms with E-state index in [-0.39, 0.29) is 5.54 Å². The molecule has 2 heteroatoms. The Morgan fingerprint density at radius 2 is 1.92 bits per heavy atom. The van der Waals surface area contributed by atoms with Crippen molar-refractivity contribution in [1.82, 2.24) is 4.98 Å². The first kappa shape index (κ1) is 10.2. The molecule has 0 radical (unpaired) electrons. The molecule has 0 atom stereocenters. The summed E-state index contributed by atoms with van der Waals surface area (Å²) >= 11 is 0. The van der Waals surface area contributed by atoms with Gasteiger partial charge in [-0.1, -0.05) is 19.9 Å². The zero-order chi connectivity index (χ0) is 9.90. The van der Waals surface area contributed by atoms with E-state index in [2.05, 4.69) is 4.98 Å². The summed E-state index contributed by atoms with van der Waals surface area (Å²) in [5.74, 6) is 0. The molecule has 1 aliphatic rings. The molecule has 0 aliphatic heterocycles. The molecule has 0 amide bonds. The molecule has 1 aromatic rings. The molecule has 1 saturated carbocycles. The molecule has 2 nitrogen and oxygen atoms in total. The lowest BCUT2D eigenvalue weighted by Crippen LogP contribution is -2.20. The topological polar surface area (TPSA) is 38.9 Å². The lowest BCUT2D eigenvalue weighted by atomic mass is 10.1.